The Morgan fingerprint density at radius 2 is 1.10 bits per heavy atom. The van der Waals surface area contributed by atoms with E-state index in [-0.39, 0.29) is 0 Å². The first kappa shape index (κ1) is 12.1. The van der Waals surface area contributed by atoms with Crippen LogP contribution in [0.4, 0.5) is 0 Å². The second-order valence-electron chi connectivity index (χ2n) is 4.08. The van der Waals surface area contributed by atoms with Crippen LogP contribution >= 0.6 is 0 Å². The highest BCUT2D eigenvalue weighted by Crippen LogP contribution is 2.18. The van der Waals surface area contributed by atoms with Gasteiger partial charge in [-0.3, -0.25) is 0 Å². The molecule has 0 radical (unpaired) electrons. The van der Waals surface area contributed by atoms with E-state index in [4.69, 9.17) is 0 Å². The zero-order valence-corrected chi connectivity index (χ0v) is 10.6. The maximum atomic E-state index is 4.58. The molecule has 0 saturated heterocycles. The quantitative estimate of drug-likeness (QED) is 0.455. The Hall–Kier alpha value is -2.95. The average Bonchev–Trinajstić information content (AvgIpc) is 2.55. The van der Waals surface area contributed by atoms with Crippen LogP contribution in [0.3, 0.4) is 0 Å². The molecule has 0 aliphatic carbocycles. The third-order valence-electron chi connectivity index (χ3n) is 2.77. The van der Waals surface area contributed by atoms with Gasteiger partial charge in [-0.2, -0.15) is 0 Å². The highest BCUT2D eigenvalue weighted by molar-refractivity contribution is 5.92. The third kappa shape index (κ3) is 2.72. The lowest BCUT2D eigenvalue weighted by atomic mass is 10.1. The van der Waals surface area contributed by atoms with Gasteiger partial charge in [0, 0.05) is 10.8 Å². The molecule has 2 heterocycles. The van der Waals surface area contributed by atoms with E-state index in [1.807, 2.05) is 36.4 Å². The maximum Gasteiger partial charge on any atom is 0.0716 e. The predicted molar refractivity (Wildman–Crippen MR) is 76.9 cm³/mol. The summed E-state index contributed by atoms with van der Waals surface area (Å²) in [4.78, 5) is 4.58. The van der Waals surface area contributed by atoms with E-state index in [1.54, 1.807) is 0 Å². The van der Waals surface area contributed by atoms with Crippen LogP contribution in [0.25, 0.3) is 21.8 Å². The minimum absolute atomic E-state index is 1.06. The Bertz CT molecular complexity index is 686. The zero-order chi connectivity index (χ0) is 13.6. The minimum atomic E-state index is 1.06. The fourth-order valence-corrected chi connectivity index (χ4v) is 1.89. The first-order valence-electron chi connectivity index (χ1n) is 6.13. The standard InChI is InChI=1S/C13H9N.C2H2N4/c1-3-7-12-10(5-1)9-11-6-2-4-8-13(11)14-12;1-2-4-6-5-3-1/h1-9H;1-2H. The summed E-state index contributed by atoms with van der Waals surface area (Å²) in [5, 5.41) is 15.5. The Morgan fingerprint density at radius 1 is 0.600 bits per heavy atom. The van der Waals surface area contributed by atoms with E-state index in [2.05, 4.69) is 43.8 Å². The summed E-state index contributed by atoms with van der Waals surface area (Å²) in [5.41, 5.74) is 2.12. The molecule has 4 rings (SSSR count). The van der Waals surface area contributed by atoms with Crippen molar-refractivity contribution in [2.45, 2.75) is 0 Å². The predicted octanol–water partition coefficient (Wildman–Crippen LogP) is 2.65. The number of nitrogens with zero attached hydrogens (tertiary/aromatic N) is 5. The number of aromatic nitrogens is 5. The number of rotatable bonds is 0. The van der Waals surface area contributed by atoms with Gasteiger partial charge in [-0.15, -0.1) is 10.2 Å². The first-order chi connectivity index (χ1) is 9.93. The summed E-state index contributed by atoms with van der Waals surface area (Å²) >= 11 is 0. The van der Waals surface area contributed by atoms with E-state index >= 15 is 0 Å². The molecular formula is C15H11N5. The SMILES string of the molecule is c1ccc2nc3ccccc3cc2c1.c1cnnnn1. The minimum Gasteiger partial charge on any atom is -0.248 e. The lowest BCUT2D eigenvalue weighted by molar-refractivity contribution is 0.761. The van der Waals surface area contributed by atoms with Crippen LogP contribution < -0.4 is 0 Å². The largest absolute Gasteiger partial charge is 0.248 e. The zero-order valence-electron chi connectivity index (χ0n) is 10.6. The lowest BCUT2D eigenvalue weighted by Crippen LogP contribution is -1.84. The molecule has 4 aromatic rings. The van der Waals surface area contributed by atoms with Crippen molar-refractivity contribution in [1.29, 1.82) is 0 Å². The summed E-state index contributed by atoms with van der Waals surface area (Å²) in [6.07, 6.45) is 2.93. The average molecular weight is 261 g/mol. The summed E-state index contributed by atoms with van der Waals surface area (Å²) in [6, 6.07) is 18.6. The van der Waals surface area contributed by atoms with E-state index < -0.39 is 0 Å². The van der Waals surface area contributed by atoms with Crippen molar-refractivity contribution in [3.8, 4) is 0 Å². The monoisotopic (exact) mass is 261 g/mol. The third-order valence-corrected chi connectivity index (χ3v) is 2.77. The Labute approximate surface area is 115 Å². The lowest BCUT2D eigenvalue weighted by Gasteiger charge is -1.99. The smallest absolute Gasteiger partial charge is 0.0716 e. The number of hydrogen-bond donors (Lipinski definition) is 0. The van der Waals surface area contributed by atoms with Crippen LogP contribution in [0.2, 0.25) is 0 Å². The van der Waals surface area contributed by atoms with Gasteiger partial charge >= 0.3 is 0 Å². The number of para-hydroxylation sites is 2. The second-order valence-corrected chi connectivity index (χ2v) is 4.08. The number of pyridine rings is 1. The molecule has 0 unspecified atom stereocenters. The fraction of sp³-hybridized carbons (Fsp3) is 0. The molecule has 0 aliphatic heterocycles. The molecule has 2 aromatic carbocycles. The van der Waals surface area contributed by atoms with Crippen molar-refractivity contribution in [2.75, 3.05) is 0 Å². The van der Waals surface area contributed by atoms with Gasteiger partial charge in [-0.1, -0.05) is 36.4 Å². The second kappa shape index (κ2) is 5.79. The molecule has 0 saturated carbocycles. The maximum absolute atomic E-state index is 4.58. The highest BCUT2D eigenvalue weighted by Gasteiger charge is 1.96. The van der Waals surface area contributed by atoms with Crippen LogP contribution in [0.5, 0.6) is 0 Å². The molecule has 0 atom stereocenters. The Kier molecular flexibility index (Phi) is 3.51. The summed E-state index contributed by atoms with van der Waals surface area (Å²) in [5.74, 6) is 0. The molecule has 5 nitrogen and oxygen atoms in total. The number of benzene rings is 2. The van der Waals surface area contributed by atoms with Gasteiger partial charge in [0.2, 0.25) is 0 Å². The van der Waals surface area contributed by atoms with Gasteiger partial charge in [-0.05, 0) is 28.6 Å². The van der Waals surface area contributed by atoms with Crippen molar-refractivity contribution in [3.63, 3.8) is 0 Å². The fourth-order valence-electron chi connectivity index (χ4n) is 1.89. The van der Waals surface area contributed by atoms with Crippen molar-refractivity contribution < 1.29 is 0 Å². The van der Waals surface area contributed by atoms with Crippen LogP contribution in [-0.2, 0) is 0 Å². The summed E-state index contributed by atoms with van der Waals surface area (Å²) < 4.78 is 0. The molecule has 0 amide bonds. The van der Waals surface area contributed by atoms with Gasteiger partial charge in [0.1, 0.15) is 0 Å². The van der Waals surface area contributed by atoms with Gasteiger partial charge < -0.3 is 0 Å². The van der Waals surface area contributed by atoms with Crippen LogP contribution in [-0.4, -0.2) is 25.6 Å². The van der Waals surface area contributed by atoms with E-state index in [0.717, 1.165) is 11.0 Å². The molecule has 5 heteroatoms. The summed E-state index contributed by atoms with van der Waals surface area (Å²) in [7, 11) is 0. The van der Waals surface area contributed by atoms with Crippen molar-refractivity contribution in [2.24, 2.45) is 0 Å². The summed E-state index contributed by atoms with van der Waals surface area (Å²) in [6.45, 7) is 0. The molecule has 0 bridgehead atoms. The number of hydrogen-bond acceptors (Lipinski definition) is 5. The van der Waals surface area contributed by atoms with E-state index in [0.29, 0.717) is 0 Å². The molecule has 0 N–H and O–H groups in total. The van der Waals surface area contributed by atoms with Gasteiger partial charge in [-0.25, -0.2) is 4.98 Å². The molecule has 20 heavy (non-hydrogen) atoms. The van der Waals surface area contributed by atoms with Gasteiger partial charge in [0.15, 0.2) is 0 Å². The topological polar surface area (TPSA) is 64.5 Å². The van der Waals surface area contributed by atoms with Crippen molar-refractivity contribution in [1.82, 2.24) is 25.6 Å². The molecule has 96 valence electrons. The molecule has 0 aliphatic rings. The molecule has 2 aromatic heterocycles. The van der Waals surface area contributed by atoms with Crippen LogP contribution in [0.1, 0.15) is 0 Å². The van der Waals surface area contributed by atoms with Crippen molar-refractivity contribution in [3.05, 3.63) is 67.0 Å². The molecular weight excluding hydrogens is 250 g/mol. The first-order valence-corrected chi connectivity index (χ1v) is 6.13. The Balaban J connectivity index is 0.000000170. The van der Waals surface area contributed by atoms with Crippen LogP contribution in [0, 0.1) is 0 Å². The van der Waals surface area contributed by atoms with Gasteiger partial charge in [0.25, 0.3) is 0 Å². The van der Waals surface area contributed by atoms with E-state index in [1.165, 1.54) is 23.2 Å². The van der Waals surface area contributed by atoms with Crippen LogP contribution in [0.15, 0.2) is 67.0 Å². The van der Waals surface area contributed by atoms with Crippen molar-refractivity contribution >= 4 is 21.8 Å². The Morgan fingerprint density at radius 3 is 1.55 bits per heavy atom. The highest BCUT2D eigenvalue weighted by atomic mass is 15.4. The number of fused-ring (bicyclic) bond motifs is 2. The van der Waals surface area contributed by atoms with E-state index in [9.17, 15) is 0 Å². The normalized spacial score (nSPS) is 10.0. The molecule has 0 fully saturated rings. The molecule has 0 spiro atoms. The van der Waals surface area contributed by atoms with Gasteiger partial charge in [0.05, 0.1) is 23.4 Å².